The lowest BCUT2D eigenvalue weighted by molar-refractivity contribution is -0.136. The molecule has 112 valence electrons. The van der Waals surface area contributed by atoms with Crippen LogP contribution in [-0.2, 0) is 4.79 Å². The average Bonchev–Trinajstić information content (AvgIpc) is 2.89. The van der Waals surface area contributed by atoms with Gasteiger partial charge < -0.3 is 5.11 Å². The van der Waals surface area contributed by atoms with E-state index in [2.05, 4.69) is 24.3 Å². The van der Waals surface area contributed by atoms with Crippen molar-refractivity contribution < 1.29 is 14.7 Å². The molecule has 0 radical (unpaired) electrons. The van der Waals surface area contributed by atoms with Crippen molar-refractivity contribution in [2.75, 3.05) is 0 Å². The fourth-order valence-corrected chi connectivity index (χ4v) is 3.33. The zero-order chi connectivity index (χ0) is 16.0. The summed E-state index contributed by atoms with van der Waals surface area (Å²) in [5, 5.41) is 11.1. The normalized spacial score (nSPS) is 11.5. The third-order valence-electron chi connectivity index (χ3n) is 4.39. The third-order valence-corrected chi connectivity index (χ3v) is 4.39. The summed E-state index contributed by atoms with van der Waals surface area (Å²) in [5.74, 6) is -1.07. The van der Waals surface area contributed by atoms with Gasteiger partial charge in [-0.05, 0) is 39.1 Å². The summed E-state index contributed by atoms with van der Waals surface area (Å²) in [6.07, 6.45) is -0.100. The lowest BCUT2D eigenvalue weighted by Crippen LogP contribution is -2.03. The number of carboxylic acids is 1. The maximum Gasteiger partial charge on any atom is 0.303 e. The number of hydrogen-bond acceptors (Lipinski definition) is 2. The highest BCUT2D eigenvalue weighted by Gasteiger charge is 2.22. The van der Waals surface area contributed by atoms with Crippen molar-refractivity contribution in [1.82, 2.24) is 0 Å². The number of carbonyl (C=O) groups is 2. The molecule has 0 aliphatic heterocycles. The van der Waals surface area contributed by atoms with Gasteiger partial charge in [-0.15, -0.1) is 0 Å². The topological polar surface area (TPSA) is 54.4 Å². The first kappa shape index (κ1) is 13.7. The molecule has 3 heteroatoms. The molecule has 1 aliphatic rings. The largest absolute Gasteiger partial charge is 0.481 e. The Morgan fingerprint density at radius 1 is 0.783 bits per heavy atom. The van der Waals surface area contributed by atoms with Crippen LogP contribution in [0.25, 0.3) is 33.0 Å². The third kappa shape index (κ3) is 2.13. The van der Waals surface area contributed by atoms with Gasteiger partial charge in [-0.2, -0.15) is 0 Å². The van der Waals surface area contributed by atoms with E-state index in [1.54, 1.807) is 6.07 Å². The number of hydrogen-bond donors (Lipinski definition) is 1. The molecule has 0 spiro atoms. The summed E-state index contributed by atoms with van der Waals surface area (Å²) >= 11 is 0. The number of carbonyl (C=O) groups excluding carboxylic acids is 1. The number of rotatable bonds is 4. The van der Waals surface area contributed by atoms with Crippen LogP contribution in [0.2, 0.25) is 0 Å². The molecule has 0 heterocycles. The van der Waals surface area contributed by atoms with Crippen LogP contribution in [0.4, 0.5) is 0 Å². The number of benzene rings is 3. The Bertz CT molecular complexity index is 965. The number of fused-ring (bicyclic) bond motifs is 3. The molecular weight excluding hydrogens is 288 g/mol. The summed E-state index contributed by atoms with van der Waals surface area (Å²) in [6.45, 7) is 0. The molecular formula is C20H14O3. The van der Waals surface area contributed by atoms with E-state index in [1.165, 1.54) is 16.3 Å². The van der Waals surface area contributed by atoms with Crippen molar-refractivity contribution in [1.29, 1.82) is 0 Å². The van der Waals surface area contributed by atoms with Gasteiger partial charge in [0, 0.05) is 12.0 Å². The van der Waals surface area contributed by atoms with Gasteiger partial charge in [0.15, 0.2) is 5.78 Å². The predicted octanol–water partition coefficient (Wildman–Crippen LogP) is 4.53. The minimum absolute atomic E-state index is 0.0330. The molecule has 0 bridgehead atoms. The van der Waals surface area contributed by atoms with E-state index < -0.39 is 5.97 Å². The highest BCUT2D eigenvalue weighted by molar-refractivity contribution is 6.16. The molecule has 3 aromatic rings. The van der Waals surface area contributed by atoms with Gasteiger partial charge in [0.2, 0.25) is 0 Å². The van der Waals surface area contributed by atoms with E-state index in [-0.39, 0.29) is 18.6 Å². The van der Waals surface area contributed by atoms with Crippen LogP contribution in [0.3, 0.4) is 0 Å². The molecule has 23 heavy (non-hydrogen) atoms. The Morgan fingerprint density at radius 2 is 1.48 bits per heavy atom. The van der Waals surface area contributed by atoms with Crippen molar-refractivity contribution in [3.05, 3.63) is 60.2 Å². The van der Waals surface area contributed by atoms with E-state index >= 15 is 0 Å². The Kier molecular flexibility index (Phi) is 3.01. The second kappa shape index (κ2) is 5.06. The maximum atomic E-state index is 12.2. The molecule has 3 aromatic carbocycles. The molecule has 1 aliphatic carbocycles. The summed E-state index contributed by atoms with van der Waals surface area (Å²) in [7, 11) is 0. The summed E-state index contributed by atoms with van der Waals surface area (Å²) in [6, 6.07) is 18.1. The number of Topliss-reactive ketones (excluding diaryl/α,β-unsaturated/α-hetero) is 1. The average molecular weight is 302 g/mol. The van der Waals surface area contributed by atoms with E-state index in [0.717, 1.165) is 16.7 Å². The van der Waals surface area contributed by atoms with Crippen LogP contribution in [-0.4, -0.2) is 16.9 Å². The highest BCUT2D eigenvalue weighted by atomic mass is 16.4. The molecule has 0 saturated carbocycles. The first-order chi connectivity index (χ1) is 11.1. The Labute approximate surface area is 133 Å². The zero-order valence-electron chi connectivity index (χ0n) is 12.4. The quantitative estimate of drug-likeness (QED) is 0.563. The van der Waals surface area contributed by atoms with Crippen molar-refractivity contribution in [2.45, 2.75) is 12.8 Å². The molecule has 0 unspecified atom stereocenters. The minimum atomic E-state index is -0.948. The van der Waals surface area contributed by atoms with Crippen LogP contribution in [0.15, 0.2) is 54.6 Å². The molecule has 0 atom stereocenters. The van der Waals surface area contributed by atoms with Crippen LogP contribution in [0.5, 0.6) is 0 Å². The molecule has 0 fully saturated rings. The van der Waals surface area contributed by atoms with Crippen molar-refractivity contribution >= 4 is 22.5 Å². The smallest absolute Gasteiger partial charge is 0.303 e. The number of carboxylic acid groups (broad SMARTS) is 1. The van der Waals surface area contributed by atoms with Crippen molar-refractivity contribution in [3.63, 3.8) is 0 Å². The standard InChI is InChI=1S/C20H14O3/c21-18(9-10-19(22)23)13-7-8-14-15-5-1-3-12-4-2-6-16(20(12)15)17(14)11-13/h1-8,11H,9-10H2,(H,22,23). The summed E-state index contributed by atoms with van der Waals surface area (Å²) in [4.78, 5) is 22.8. The molecule has 4 rings (SSSR count). The highest BCUT2D eigenvalue weighted by Crippen LogP contribution is 2.47. The van der Waals surface area contributed by atoms with Gasteiger partial charge >= 0.3 is 5.97 Å². The van der Waals surface area contributed by atoms with E-state index in [4.69, 9.17) is 5.11 Å². The maximum absolute atomic E-state index is 12.2. The van der Waals surface area contributed by atoms with Crippen LogP contribution in [0.1, 0.15) is 23.2 Å². The molecule has 0 amide bonds. The van der Waals surface area contributed by atoms with Gasteiger partial charge in [0.1, 0.15) is 0 Å². The predicted molar refractivity (Wildman–Crippen MR) is 89.6 cm³/mol. The molecule has 0 saturated heterocycles. The Hall–Kier alpha value is -2.94. The molecule has 0 aromatic heterocycles. The van der Waals surface area contributed by atoms with Gasteiger partial charge in [-0.3, -0.25) is 9.59 Å². The Morgan fingerprint density at radius 3 is 2.17 bits per heavy atom. The van der Waals surface area contributed by atoms with Crippen molar-refractivity contribution in [3.8, 4) is 22.3 Å². The van der Waals surface area contributed by atoms with Gasteiger partial charge in [-0.1, -0.05) is 48.5 Å². The SMILES string of the molecule is O=C(O)CCC(=O)c1ccc2c(c1)-c1cccc3cccc-2c13. The number of aliphatic carboxylic acids is 1. The molecule has 1 N–H and O–H groups in total. The van der Waals surface area contributed by atoms with Crippen LogP contribution in [0, 0.1) is 0 Å². The van der Waals surface area contributed by atoms with Gasteiger partial charge in [0.25, 0.3) is 0 Å². The lowest BCUT2D eigenvalue weighted by Gasteiger charge is -2.05. The van der Waals surface area contributed by atoms with E-state index in [0.29, 0.717) is 5.56 Å². The first-order valence-electron chi connectivity index (χ1n) is 7.57. The first-order valence-corrected chi connectivity index (χ1v) is 7.57. The fourth-order valence-electron chi connectivity index (χ4n) is 3.33. The van der Waals surface area contributed by atoms with Crippen molar-refractivity contribution in [2.24, 2.45) is 0 Å². The Balaban J connectivity index is 1.82. The molecule has 3 nitrogen and oxygen atoms in total. The summed E-state index contributed by atoms with van der Waals surface area (Å²) in [5.41, 5.74) is 5.10. The minimum Gasteiger partial charge on any atom is -0.481 e. The lowest BCUT2D eigenvalue weighted by atomic mass is 9.98. The monoisotopic (exact) mass is 302 g/mol. The zero-order valence-corrected chi connectivity index (χ0v) is 12.4. The summed E-state index contributed by atoms with van der Waals surface area (Å²) < 4.78 is 0. The van der Waals surface area contributed by atoms with E-state index in [1.807, 2.05) is 24.3 Å². The van der Waals surface area contributed by atoms with Crippen LogP contribution >= 0.6 is 0 Å². The second-order valence-electron chi connectivity index (χ2n) is 5.79. The number of ketones is 1. The van der Waals surface area contributed by atoms with Crippen LogP contribution < -0.4 is 0 Å². The van der Waals surface area contributed by atoms with Gasteiger partial charge in [-0.25, -0.2) is 0 Å². The van der Waals surface area contributed by atoms with Gasteiger partial charge in [0.05, 0.1) is 6.42 Å². The second-order valence-corrected chi connectivity index (χ2v) is 5.79. The fraction of sp³-hybridized carbons (Fsp3) is 0.100. The van der Waals surface area contributed by atoms with E-state index in [9.17, 15) is 9.59 Å².